The van der Waals surface area contributed by atoms with Crippen LogP contribution in [0.5, 0.6) is 17.2 Å². The molecular formula is C15H22N2O3. The van der Waals surface area contributed by atoms with E-state index in [2.05, 4.69) is 11.4 Å². The number of nitriles is 1. The van der Waals surface area contributed by atoms with Gasteiger partial charge in [0.05, 0.1) is 27.4 Å². The predicted molar refractivity (Wildman–Crippen MR) is 77.3 cm³/mol. The Balaban J connectivity index is 2.60. The third-order valence-corrected chi connectivity index (χ3v) is 2.95. The summed E-state index contributed by atoms with van der Waals surface area (Å²) in [6.07, 6.45) is 2.54. The van der Waals surface area contributed by atoms with Gasteiger partial charge in [0, 0.05) is 13.0 Å². The van der Waals surface area contributed by atoms with Gasteiger partial charge in [-0.3, -0.25) is 0 Å². The molecule has 0 atom stereocenters. The Morgan fingerprint density at radius 1 is 1.05 bits per heavy atom. The van der Waals surface area contributed by atoms with Crippen LogP contribution in [0.25, 0.3) is 0 Å². The Hall–Kier alpha value is -1.93. The summed E-state index contributed by atoms with van der Waals surface area (Å²) >= 11 is 0. The Bertz CT molecular complexity index is 430. The molecule has 110 valence electrons. The zero-order chi connectivity index (χ0) is 14.8. The second-order valence-corrected chi connectivity index (χ2v) is 4.33. The van der Waals surface area contributed by atoms with E-state index in [-0.39, 0.29) is 0 Å². The maximum Gasteiger partial charge on any atom is 0.203 e. The average Bonchev–Trinajstić information content (AvgIpc) is 2.49. The van der Waals surface area contributed by atoms with Crippen molar-refractivity contribution in [2.75, 3.05) is 27.9 Å². The van der Waals surface area contributed by atoms with Crippen LogP contribution in [-0.2, 0) is 6.54 Å². The van der Waals surface area contributed by atoms with Crippen LogP contribution in [0.3, 0.4) is 0 Å². The number of hydrogen-bond donors (Lipinski definition) is 1. The van der Waals surface area contributed by atoms with Gasteiger partial charge < -0.3 is 19.5 Å². The molecule has 0 amide bonds. The molecule has 0 saturated carbocycles. The quantitative estimate of drug-likeness (QED) is 0.703. The molecule has 1 N–H and O–H groups in total. The summed E-state index contributed by atoms with van der Waals surface area (Å²) in [5.41, 5.74) is 1.07. The van der Waals surface area contributed by atoms with Crippen molar-refractivity contribution >= 4 is 0 Å². The smallest absolute Gasteiger partial charge is 0.203 e. The normalized spacial score (nSPS) is 9.90. The van der Waals surface area contributed by atoms with E-state index >= 15 is 0 Å². The van der Waals surface area contributed by atoms with Gasteiger partial charge in [-0.25, -0.2) is 0 Å². The van der Waals surface area contributed by atoms with E-state index in [0.29, 0.717) is 23.7 Å². The summed E-state index contributed by atoms with van der Waals surface area (Å²) < 4.78 is 15.9. The molecule has 0 saturated heterocycles. The molecule has 0 aromatic heterocycles. The van der Waals surface area contributed by atoms with Gasteiger partial charge in [0.1, 0.15) is 0 Å². The molecule has 0 bridgehead atoms. The third kappa shape index (κ3) is 4.63. The molecular weight excluding hydrogens is 256 g/mol. The highest BCUT2D eigenvalue weighted by molar-refractivity contribution is 5.53. The van der Waals surface area contributed by atoms with E-state index in [0.717, 1.165) is 31.5 Å². The first kappa shape index (κ1) is 16.1. The summed E-state index contributed by atoms with van der Waals surface area (Å²) in [5.74, 6) is 1.93. The number of benzene rings is 1. The van der Waals surface area contributed by atoms with E-state index in [1.54, 1.807) is 21.3 Å². The number of ether oxygens (including phenoxy) is 3. The van der Waals surface area contributed by atoms with Gasteiger partial charge in [0.15, 0.2) is 11.5 Å². The van der Waals surface area contributed by atoms with E-state index < -0.39 is 0 Å². The Morgan fingerprint density at radius 3 is 2.20 bits per heavy atom. The van der Waals surface area contributed by atoms with Crippen molar-refractivity contribution in [3.05, 3.63) is 17.7 Å². The number of rotatable bonds is 9. The summed E-state index contributed by atoms with van der Waals surface area (Å²) in [5, 5.41) is 11.8. The minimum Gasteiger partial charge on any atom is -0.493 e. The molecule has 0 fully saturated rings. The summed E-state index contributed by atoms with van der Waals surface area (Å²) in [7, 11) is 4.81. The topological polar surface area (TPSA) is 63.5 Å². The highest BCUT2D eigenvalue weighted by Crippen LogP contribution is 2.38. The van der Waals surface area contributed by atoms with Gasteiger partial charge in [0.25, 0.3) is 0 Å². The van der Waals surface area contributed by atoms with Gasteiger partial charge in [-0.2, -0.15) is 5.26 Å². The first-order valence-corrected chi connectivity index (χ1v) is 6.63. The van der Waals surface area contributed by atoms with Crippen molar-refractivity contribution < 1.29 is 14.2 Å². The lowest BCUT2D eigenvalue weighted by Crippen LogP contribution is -2.14. The van der Waals surface area contributed by atoms with Crippen molar-refractivity contribution in [3.8, 4) is 23.3 Å². The first-order chi connectivity index (χ1) is 9.76. The molecule has 1 aromatic rings. The molecule has 1 rings (SSSR count). The van der Waals surface area contributed by atoms with Crippen molar-refractivity contribution in [2.45, 2.75) is 25.8 Å². The van der Waals surface area contributed by atoms with Crippen LogP contribution in [0.4, 0.5) is 0 Å². The van der Waals surface area contributed by atoms with Gasteiger partial charge in [0.2, 0.25) is 5.75 Å². The maximum absolute atomic E-state index is 8.46. The number of hydrogen-bond acceptors (Lipinski definition) is 5. The van der Waals surface area contributed by atoms with E-state index in [4.69, 9.17) is 19.5 Å². The number of methoxy groups -OCH3 is 3. The largest absolute Gasteiger partial charge is 0.493 e. The second-order valence-electron chi connectivity index (χ2n) is 4.33. The van der Waals surface area contributed by atoms with E-state index in [1.807, 2.05) is 12.1 Å². The fourth-order valence-corrected chi connectivity index (χ4v) is 1.92. The number of nitrogens with zero attached hydrogens (tertiary/aromatic N) is 1. The fourth-order valence-electron chi connectivity index (χ4n) is 1.92. The standard InChI is InChI=1S/C15H22N2O3/c1-18-13-9-12(10-14(19-2)15(13)20-3)11-17-8-6-4-5-7-16/h9-10,17H,4-6,8,11H2,1-3H3. The molecule has 5 nitrogen and oxygen atoms in total. The Kier molecular flexibility index (Phi) is 7.30. The zero-order valence-corrected chi connectivity index (χ0v) is 12.4. The van der Waals surface area contributed by atoms with E-state index in [9.17, 15) is 0 Å². The van der Waals surface area contributed by atoms with E-state index in [1.165, 1.54) is 0 Å². The minimum atomic E-state index is 0.604. The lowest BCUT2D eigenvalue weighted by atomic mass is 10.1. The molecule has 20 heavy (non-hydrogen) atoms. The van der Waals surface area contributed by atoms with Crippen molar-refractivity contribution in [3.63, 3.8) is 0 Å². The SMILES string of the molecule is COc1cc(CNCCCCC#N)cc(OC)c1OC. The number of unbranched alkanes of at least 4 members (excludes halogenated alkanes) is 2. The molecule has 1 aromatic carbocycles. The molecule has 0 aliphatic heterocycles. The Labute approximate surface area is 120 Å². The monoisotopic (exact) mass is 278 g/mol. The van der Waals surface area contributed by atoms with Crippen LogP contribution in [0.2, 0.25) is 0 Å². The Morgan fingerprint density at radius 2 is 1.70 bits per heavy atom. The maximum atomic E-state index is 8.46. The van der Waals surface area contributed by atoms with Crippen LogP contribution in [0.15, 0.2) is 12.1 Å². The van der Waals surface area contributed by atoms with Crippen LogP contribution in [0, 0.1) is 11.3 Å². The summed E-state index contributed by atoms with van der Waals surface area (Å²) in [6, 6.07) is 6.01. The summed E-state index contributed by atoms with van der Waals surface area (Å²) in [6.45, 7) is 1.61. The average molecular weight is 278 g/mol. The molecule has 5 heteroatoms. The van der Waals surface area contributed by atoms with Crippen LogP contribution in [0.1, 0.15) is 24.8 Å². The van der Waals surface area contributed by atoms with Gasteiger partial charge in [-0.1, -0.05) is 0 Å². The van der Waals surface area contributed by atoms with Gasteiger partial charge in [-0.15, -0.1) is 0 Å². The highest BCUT2D eigenvalue weighted by Gasteiger charge is 2.12. The fraction of sp³-hybridized carbons (Fsp3) is 0.533. The number of nitrogens with one attached hydrogen (secondary N) is 1. The molecule has 0 radical (unpaired) electrons. The highest BCUT2D eigenvalue weighted by atomic mass is 16.5. The van der Waals surface area contributed by atoms with Crippen molar-refractivity contribution in [1.29, 1.82) is 5.26 Å². The lowest BCUT2D eigenvalue weighted by molar-refractivity contribution is 0.323. The second kappa shape index (κ2) is 9.05. The third-order valence-electron chi connectivity index (χ3n) is 2.95. The van der Waals surface area contributed by atoms with Crippen molar-refractivity contribution in [1.82, 2.24) is 5.32 Å². The predicted octanol–water partition coefficient (Wildman–Crippen LogP) is 2.50. The molecule has 0 aliphatic carbocycles. The van der Waals surface area contributed by atoms with Crippen LogP contribution in [-0.4, -0.2) is 27.9 Å². The molecule has 0 spiro atoms. The first-order valence-electron chi connectivity index (χ1n) is 6.63. The summed E-state index contributed by atoms with van der Waals surface area (Å²) in [4.78, 5) is 0. The van der Waals surface area contributed by atoms with Crippen LogP contribution >= 0.6 is 0 Å². The van der Waals surface area contributed by atoms with Crippen LogP contribution < -0.4 is 19.5 Å². The molecule has 0 unspecified atom stereocenters. The zero-order valence-electron chi connectivity index (χ0n) is 12.4. The lowest BCUT2D eigenvalue weighted by Gasteiger charge is -2.14. The molecule has 0 aliphatic rings. The molecule has 0 heterocycles. The van der Waals surface area contributed by atoms with Gasteiger partial charge >= 0.3 is 0 Å². The van der Waals surface area contributed by atoms with Gasteiger partial charge in [-0.05, 0) is 37.1 Å². The minimum absolute atomic E-state index is 0.604. The van der Waals surface area contributed by atoms with Crippen molar-refractivity contribution in [2.24, 2.45) is 0 Å².